The maximum absolute atomic E-state index is 12.1. The van der Waals surface area contributed by atoms with Crippen molar-refractivity contribution < 1.29 is 18.7 Å². The molecule has 1 atom stereocenters. The van der Waals surface area contributed by atoms with Crippen LogP contribution in [0.4, 0.5) is 0 Å². The van der Waals surface area contributed by atoms with Crippen LogP contribution in [-0.4, -0.2) is 32.8 Å². The molecule has 0 aliphatic carbocycles. The molecule has 0 spiro atoms. The van der Waals surface area contributed by atoms with Gasteiger partial charge in [0.2, 0.25) is 5.91 Å². The third-order valence-electron chi connectivity index (χ3n) is 5.17. The van der Waals surface area contributed by atoms with E-state index in [9.17, 15) is 9.59 Å². The zero-order valence-corrected chi connectivity index (χ0v) is 20.4. The fourth-order valence-electron chi connectivity index (χ4n) is 3.26. The Labute approximate surface area is 197 Å². The van der Waals surface area contributed by atoms with Crippen molar-refractivity contribution in [1.82, 2.24) is 5.32 Å². The minimum Gasteiger partial charge on any atom is -0.496 e. The Morgan fingerprint density at radius 1 is 1.19 bits per heavy atom. The van der Waals surface area contributed by atoms with Gasteiger partial charge in [0, 0.05) is 38.1 Å². The highest BCUT2D eigenvalue weighted by atomic mass is 35.5. The van der Waals surface area contributed by atoms with Crippen LogP contribution < -0.4 is 15.7 Å². The SMILES string of the molecule is CCCCCCC[C@@H](C/C=C/CCC(=O)NC/C(=C/Cl)Cc1cc(OC)cc(=O)o1)OC. The first-order valence-corrected chi connectivity index (χ1v) is 11.9. The first-order chi connectivity index (χ1) is 15.5. The molecular weight excluding hydrogens is 430 g/mol. The Balaban J connectivity index is 2.29. The highest BCUT2D eigenvalue weighted by Crippen LogP contribution is 2.14. The summed E-state index contributed by atoms with van der Waals surface area (Å²) in [6.45, 7) is 2.51. The number of hydrogen-bond donors (Lipinski definition) is 1. The lowest BCUT2D eigenvalue weighted by Crippen LogP contribution is -2.25. The summed E-state index contributed by atoms with van der Waals surface area (Å²) in [6.07, 6.45) is 14.0. The van der Waals surface area contributed by atoms with Crippen LogP contribution in [-0.2, 0) is 16.0 Å². The van der Waals surface area contributed by atoms with E-state index in [4.69, 9.17) is 25.5 Å². The van der Waals surface area contributed by atoms with Crippen LogP contribution in [0.3, 0.4) is 0 Å². The number of ether oxygens (including phenoxy) is 2. The molecular formula is C25H38ClNO5. The van der Waals surface area contributed by atoms with Gasteiger partial charge in [-0.05, 0) is 24.8 Å². The molecule has 0 saturated heterocycles. The number of rotatable bonds is 17. The molecule has 0 unspecified atom stereocenters. The predicted octanol–water partition coefficient (Wildman–Crippen LogP) is 5.53. The summed E-state index contributed by atoms with van der Waals surface area (Å²) >= 11 is 5.88. The number of carbonyl (C=O) groups is 1. The number of nitrogens with one attached hydrogen (secondary N) is 1. The highest BCUT2D eigenvalue weighted by molar-refractivity contribution is 6.25. The molecule has 0 aliphatic heterocycles. The largest absolute Gasteiger partial charge is 0.496 e. The number of unbranched alkanes of at least 4 members (excludes halogenated alkanes) is 4. The molecule has 0 bridgehead atoms. The molecule has 1 aromatic heterocycles. The van der Waals surface area contributed by atoms with E-state index >= 15 is 0 Å². The van der Waals surface area contributed by atoms with Crippen LogP contribution in [0.5, 0.6) is 5.75 Å². The van der Waals surface area contributed by atoms with Gasteiger partial charge in [0.1, 0.15) is 11.5 Å². The lowest BCUT2D eigenvalue weighted by atomic mass is 10.1. The summed E-state index contributed by atoms with van der Waals surface area (Å²) in [6, 6.07) is 2.90. The first kappa shape index (κ1) is 28.0. The summed E-state index contributed by atoms with van der Waals surface area (Å²) < 4.78 is 15.8. The number of halogens is 1. The van der Waals surface area contributed by atoms with Gasteiger partial charge in [-0.1, -0.05) is 62.8 Å². The van der Waals surface area contributed by atoms with Gasteiger partial charge in [-0.3, -0.25) is 4.79 Å². The zero-order valence-electron chi connectivity index (χ0n) is 19.7. The molecule has 180 valence electrons. The maximum atomic E-state index is 12.1. The standard InChI is InChI=1S/C25H38ClNO5/c1-4-5-6-7-9-12-21(30-2)13-10-8-11-14-24(28)27-19-20(18-26)15-23-16-22(31-3)17-25(29)32-23/h8,10,16-18,21H,4-7,9,11-15,19H2,1-3H3,(H,27,28)/b10-8+,20-18+/t21-/m0/s1. The van der Waals surface area contributed by atoms with Gasteiger partial charge in [-0.15, -0.1) is 0 Å². The highest BCUT2D eigenvalue weighted by Gasteiger charge is 2.08. The summed E-state index contributed by atoms with van der Waals surface area (Å²) in [7, 11) is 3.24. The van der Waals surface area contributed by atoms with E-state index in [1.807, 2.05) is 6.08 Å². The quantitative estimate of drug-likeness (QED) is 0.240. The lowest BCUT2D eigenvalue weighted by Gasteiger charge is -2.12. The molecule has 32 heavy (non-hydrogen) atoms. The van der Waals surface area contributed by atoms with Gasteiger partial charge < -0.3 is 19.2 Å². The Hall–Kier alpha value is -2.05. The van der Waals surface area contributed by atoms with Crippen molar-refractivity contribution in [2.45, 2.75) is 77.2 Å². The van der Waals surface area contributed by atoms with Crippen LogP contribution >= 0.6 is 11.6 Å². The van der Waals surface area contributed by atoms with Gasteiger partial charge in [-0.25, -0.2) is 4.79 Å². The van der Waals surface area contributed by atoms with Crippen molar-refractivity contribution in [3.05, 3.63) is 51.6 Å². The van der Waals surface area contributed by atoms with Gasteiger partial charge in [0.05, 0.1) is 19.3 Å². The third kappa shape index (κ3) is 12.7. The maximum Gasteiger partial charge on any atom is 0.339 e. The number of carbonyl (C=O) groups excluding carboxylic acids is 1. The van der Waals surface area contributed by atoms with E-state index in [0.29, 0.717) is 30.8 Å². The third-order valence-corrected chi connectivity index (χ3v) is 5.47. The predicted molar refractivity (Wildman–Crippen MR) is 129 cm³/mol. The van der Waals surface area contributed by atoms with Gasteiger partial charge in [0.15, 0.2) is 0 Å². The van der Waals surface area contributed by atoms with E-state index in [2.05, 4.69) is 18.3 Å². The Morgan fingerprint density at radius 2 is 1.97 bits per heavy atom. The first-order valence-electron chi connectivity index (χ1n) is 11.4. The lowest BCUT2D eigenvalue weighted by molar-refractivity contribution is -0.120. The number of allylic oxidation sites excluding steroid dienone is 1. The summed E-state index contributed by atoms with van der Waals surface area (Å²) in [4.78, 5) is 23.7. The molecule has 0 fully saturated rings. The second-order valence-corrected chi connectivity index (χ2v) is 8.03. The molecule has 0 aromatic carbocycles. The van der Waals surface area contributed by atoms with Gasteiger partial charge >= 0.3 is 5.63 Å². The molecule has 6 nitrogen and oxygen atoms in total. The fraction of sp³-hybridized carbons (Fsp3) is 0.600. The number of methoxy groups -OCH3 is 2. The molecule has 1 N–H and O–H groups in total. The Kier molecular flexibility index (Phi) is 15.3. The normalized spacial score (nSPS) is 12.8. The fourth-order valence-corrected chi connectivity index (χ4v) is 3.42. The van der Waals surface area contributed by atoms with Gasteiger partial charge in [0.25, 0.3) is 0 Å². The molecule has 1 rings (SSSR count). The van der Waals surface area contributed by atoms with E-state index in [1.54, 1.807) is 13.2 Å². The van der Waals surface area contributed by atoms with E-state index in [-0.39, 0.29) is 18.6 Å². The van der Waals surface area contributed by atoms with E-state index in [0.717, 1.165) is 18.4 Å². The van der Waals surface area contributed by atoms with Crippen molar-refractivity contribution >= 4 is 17.5 Å². The second kappa shape index (κ2) is 17.5. The summed E-state index contributed by atoms with van der Waals surface area (Å²) in [5, 5.41) is 2.85. The molecule has 1 heterocycles. The minimum absolute atomic E-state index is 0.0584. The van der Waals surface area contributed by atoms with Crippen LogP contribution in [0.15, 0.2) is 44.6 Å². The molecule has 0 saturated carbocycles. The Bertz CT molecular complexity index is 772. The average Bonchev–Trinajstić information content (AvgIpc) is 2.79. The molecule has 0 radical (unpaired) electrons. The smallest absolute Gasteiger partial charge is 0.339 e. The topological polar surface area (TPSA) is 77.8 Å². The Morgan fingerprint density at radius 3 is 2.66 bits per heavy atom. The monoisotopic (exact) mass is 467 g/mol. The van der Waals surface area contributed by atoms with Crippen LogP contribution in [0.25, 0.3) is 0 Å². The van der Waals surface area contributed by atoms with Crippen molar-refractivity contribution in [3.8, 4) is 5.75 Å². The van der Waals surface area contributed by atoms with Crippen LogP contribution in [0.2, 0.25) is 0 Å². The zero-order chi connectivity index (χ0) is 23.6. The molecule has 0 aliphatic rings. The second-order valence-electron chi connectivity index (χ2n) is 7.81. The molecule has 7 heteroatoms. The van der Waals surface area contributed by atoms with Crippen molar-refractivity contribution in [2.75, 3.05) is 20.8 Å². The average molecular weight is 468 g/mol. The van der Waals surface area contributed by atoms with Crippen LogP contribution in [0, 0.1) is 0 Å². The molecule has 1 amide bonds. The minimum atomic E-state index is -0.490. The van der Waals surface area contributed by atoms with E-state index in [1.165, 1.54) is 50.8 Å². The van der Waals surface area contributed by atoms with Crippen molar-refractivity contribution in [1.29, 1.82) is 0 Å². The van der Waals surface area contributed by atoms with Crippen molar-refractivity contribution in [3.63, 3.8) is 0 Å². The number of amides is 1. The van der Waals surface area contributed by atoms with Crippen LogP contribution in [0.1, 0.15) is 70.5 Å². The summed E-state index contributed by atoms with van der Waals surface area (Å²) in [5.41, 5.74) is 1.64. The van der Waals surface area contributed by atoms with E-state index < -0.39 is 5.63 Å². The van der Waals surface area contributed by atoms with Gasteiger partial charge in [-0.2, -0.15) is 0 Å². The summed E-state index contributed by atoms with van der Waals surface area (Å²) in [5.74, 6) is 0.793. The van der Waals surface area contributed by atoms with Crippen molar-refractivity contribution in [2.24, 2.45) is 0 Å². The molecule has 1 aromatic rings. The number of hydrogen-bond acceptors (Lipinski definition) is 5.